The molecular weight excluding hydrogens is 222 g/mol. The molecule has 1 aromatic carbocycles. The molecule has 2 nitrogen and oxygen atoms in total. The van der Waals surface area contributed by atoms with E-state index in [1.165, 1.54) is 19.3 Å². The van der Waals surface area contributed by atoms with Crippen molar-refractivity contribution in [2.45, 2.75) is 46.5 Å². The number of carbonyl (C=O) groups is 1. The Morgan fingerprint density at radius 3 is 2.61 bits per heavy atom. The molecule has 0 heterocycles. The number of rotatable bonds is 7. The third-order valence-corrected chi connectivity index (χ3v) is 3.48. The minimum Gasteiger partial charge on any atom is -0.352 e. The summed E-state index contributed by atoms with van der Waals surface area (Å²) in [5.74, 6) is 0.668. The second-order valence-corrected chi connectivity index (χ2v) is 4.94. The van der Waals surface area contributed by atoms with E-state index >= 15 is 0 Å². The second-order valence-electron chi connectivity index (χ2n) is 4.94. The van der Waals surface area contributed by atoms with Crippen molar-refractivity contribution >= 4 is 5.91 Å². The highest BCUT2D eigenvalue weighted by Gasteiger charge is 2.11. The van der Waals surface area contributed by atoms with Crippen LogP contribution in [0.2, 0.25) is 0 Å². The summed E-state index contributed by atoms with van der Waals surface area (Å²) < 4.78 is 0. The largest absolute Gasteiger partial charge is 0.352 e. The number of unbranched alkanes of at least 4 members (excludes halogenated alkanes) is 1. The number of carbonyl (C=O) groups excluding carboxylic acids is 1. The predicted octanol–water partition coefficient (Wildman–Crippen LogP) is 3.94. The van der Waals surface area contributed by atoms with Crippen molar-refractivity contribution in [3.63, 3.8) is 0 Å². The zero-order valence-corrected chi connectivity index (χ0v) is 11.8. The molecule has 1 atom stereocenters. The third-order valence-electron chi connectivity index (χ3n) is 3.48. The minimum atomic E-state index is 0.0584. The summed E-state index contributed by atoms with van der Waals surface area (Å²) in [5, 5.41) is 3.06. The number of nitrogens with one attached hydrogen (secondary N) is 1. The highest BCUT2D eigenvalue weighted by atomic mass is 16.1. The average Bonchev–Trinajstić information content (AvgIpc) is 2.39. The first kappa shape index (κ1) is 14.7. The van der Waals surface area contributed by atoms with Gasteiger partial charge in [0, 0.05) is 12.1 Å². The van der Waals surface area contributed by atoms with Crippen LogP contribution in [0, 0.1) is 12.8 Å². The Labute approximate surface area is 111 Å². The molecule has 0 saturated carbocycles. The van der Waals surface area contributed by atoms with Gasteiger partial charge in [-0.15, -0.1) is 0 Å². The Bertz CT molecular complexity index is 373. The number of amides is 1. The fourth-order valence-corrected chi connectivity index (χ4v) is 2.10. The van der Waals surface area contributed by atoms with E-state index in [4.69, 9.17) is 0 Å². The quantitative estimate of drug-likeness (QED) is 0.777. The highest BCUT2D eigenvalue weighted by molar-refractivity contribution is 5.95. The molecule has 0 spiro atoms. The molecule has 18 heavy (non-hydrogen) atoms. The summed E-state index contributed by atoms with van der Waals surface area (Å²) in [6.45, 7) is 7.17. The van der Waals surface area contributed by atoms with Crippen LogP contribution in [0.25, 0.3) is 0 Å². The fraction of sp³-hybridized carbons (Fsp3) is 0.562. The second kappa shape index (κ2) is 7.91. The molecule has 100 valence electrons. The Kier molecular flexibility index (Phi) is 6.48. The van der Waals surface area contributed by atoms with Gasteiger partial charge in [-0.25, -0.2) is 0 Å². The van der Waals surface area contributed by atoms with E-state index in [1.807, 2.05) is 31.2 Å². The third kappa shape index (κ3) is 4.52. The van der Waals surface area contributed by atoms with Crippen molar-refractivity contribution in [2.75, 3.05) is 6.54 Å². The lowest BCUT2D eigenvalue weighted by Gasteiger charge is -2.15. The van der Waals surface area contributed by atoms with Gasteiger partial charge in [-0.3, -0.25) is 4.79 Å². The molecule has 1 N–H and O–H groups in total. The monoisotopic (exact) mass is 247 g/mol. The van der Waals surface area contributed by atoms with E-state index in [2.05, 4.69) is 19.2 Å². The van der Waals surface area contributed by atoms with Gasteiger partial charge in [0.15, 0.2) is 0 Å². The maximum absolute atomic E-state index is 12.0. The molecule has 0 aliphatic carbocycles. The predicted molar refractivity (Wildman–Crippen MR) is 76.8 cm³/mol. The molecule has 1 amide bonds. The number of hydrogen-bond acceptors (Lipinski definition) is 1. The van der Waals surface area contributed by atoms with E-state index in [-0.39, 0.29) is 5.91 Å². The molecule has 0 aliphatic rings. The summed E-state index contributed by atoms with van der Waals surface area (Å²) in [6.07, 6.45) is 4.82. The average molecular weight is 247 g/mol. The Balaban J connectivity index is 2.47. The van der Waals surface area contributed by atoms with Crippen LogP contribution in [0.3, 0.4) is 0 Å². The SMILES string of the molecule is CCCC[C@H](CC)CNC(=O)c1ccccc1C. The van der Waals surface area contributed by atoms with Crippen molar-refractivity contribution in [2.24, 2.45) is 5.92 Å². The summed E-state index contributed by atoms with van der Waals surface area (Å²) in [7, 11) is 0. The standard InChI is InChI=1S/C16H25NO/c1-4-6-10-14(5-2)12-17-16(18)15-11-8-7-9-13(15)3/h7-9,11,14H,4-6,10,12H2,1-3H3,(H,17,18)/t14-/m0/s1. The molecular formula is C16H25NO. The normalized spacial score (nSPS) is 12.2. The zero-order chi connectivity index (χ0) is 13.4. The molecule has 1 aromatic rings. The van der Waals surface area contributed by atoms with Crippen LogP contribution in [0.4, 0.5) is 0 Å². The highest BCUT2D eigenvalue weighted by Crippen LogP contribution is 2.12. The van der Waals surface area contributed by atoms with Crippen LogP contribution in [0.15, 0.2) is 24.3 Å². The van der Waals surface area contributed by atoms with Gasteiger partial charge in [0.1, 0.15) is 0 Å². The first-order valence-electron chi connectivity index (χ1n) is 7.02. The van der Waals surface area contributed by atoms with Gasteiger partial charge >= 0.3 is 0 Å². The Morgan fingerprint density at radius 1 is 1.28 bits per heavy atom. The van der Waals surface area contributed by atoms with E-state index in [0.29, 0.717) is 5.92 Å². The molecule has 0 fully saturated rings. The summed E-state index contributed by atoms with van der Waals surface area (Å²) >= 11 is 0. The molecule has 2 heteroatoms. The number of aryl methyl sites for hydroxylation is 1. The topological polar surface area (TPSA) is 29.1 Å². The maximum Gasteiger partial charge on any atom is 0.251 e. The fourth-order valence-electron chi connectivity index (χ4n) is 2.10. The van der Waals surface area contributed by atoms with Gasteiger partial charge in [0.05, 0.1) is 0 Å². The van der Waals surface area contributed by atoms with Gasteiger partial charge < -0.3 is 5.32 Å². The Morgan fingerprint density at radius 2 is 2.00 bits per heavy atom. The van der Waals surface area contributed by atoms with E-state index in [0.717, 1.165) is 24.1 Å². The van der Waals surface area contributed by atoms with Crippen LogP contribution >= 0.6 is 0 Å². The van der Waals surface area contributed by atoms with Crippen LogP contribution in [0.1, 0.15) is 55.5 Å². The summed E-state index contributed by atoms with van der Waals surface area (Å²) in [4.78, 5) is 12.0. The zero-order valence-electron chi connectivity index (χ0n) is 11.8. The summed E-state index contributed by atoms with van der Waals surface area (Å²) in [6, 6.07) is 7.74. The molecule has 0 aliphatic heterocycles. The van der Waals surface area contributed by atoms with Crippen molar-refractivity contribution in [3.05, 3.63) is 35.4 Å². The molecule has 0 unspecified atom stereocenters. The van der Waals surface area contributed by atoms with E-state index < -0.39 is 0 Å². The number of benzene rings is 1. The maximum atomic E-state index is 12.0. The lowest BCUT2D eigenvalue weighted by molar-refractivity contribution is 0.0945. The van der Waals surface area contributed by atoms with Crippen molar-refractivity contribution in [1.82, 2.24) is 5.32 Å². The summed E-state index contributed by atoms with van der Waals surface area (Å²) in [5.41, 5.74) is 1.83. The van der Waals surface area contributed by atoms with Gasteiger partial charge in [-0.1, -0.05) is 51.3 Å². The molecule has 0 radical (unpaired) electrons. The van der Waals surface area contributed by atoms with Crippen LogP contribution in [-0.4, -0.2) is 12.5 Å². The van der Waals surface area contributed by atoms with Crippen molar-refractivity contribution in [3.8, 4) is 0 Å². The van der Waals surface area contributed by atoms with Gasteiger partial charge in [-0.05, 0) is 30.9 Å². The van der Waals surface area contributed by atoms with Gasteiger partial charge in [-0.2, -0.15) is 0 Å². The first-order valence-corrected chi connectivity index (χ1v) is 7.02. The van der Waals surface area contributed by atoms with E-state index in [1.54, 1.807) is 0 Å². The van der Waals surface area contributed by atoms with Crippen molar-refractivity contribution in [1.29, 1.82) is 0 Å². The Hall–Kier alpha value is -1.31. The minimum absolute atomic E-state index is 0.0584. The first-order chi connectivity index (χ1) is 8.69. The van der Waals surface area contributed by atoms with Crippen LogP contribution in [0.5, 0.6) is 0 Å². The van der Waals surface area contributed by atoms with Gasteiger partial charge in [0.25, 0.3) is 5.91 Å². The number of hydrogen-bond donors (Lipinski definition) is 1. The lowest BCUT2D eigenvalue weighted by Crippen LogP contribution is -2.29. The molecule has 0 aromatic heterocycles. The van der Waals surface area contributed by atoms with Crippen molar-refractivity contribution < 1.29 is 4.79 Å². The lowest BCUT2D eigenvalue weighted by atomic mass is 9.99. The van der Waals surface area contributed by atoms with E-state index in [9.17, 15) is 4.79 Å². The molecule has 0 saturated heterocycles. The van der Waals surface area contributed by atoms with Gasteiger partial charge in [0.2, 0.25) is 0 Å². The smallest absolute Gasteiger partial charge is 0.251 e. The molecule has 0 bridgehead atoms. The molecule has 1 rings (SSSR count). The van der Waals surface area contributed by atoms with Crippen LogP contribution in [-0.2, 0) is 0 Å². The van der Waals surface area contributed by atoms with Crippen LogP contribution < -0.4 is 5.32 Å².